The summed E-state index contributed by atoms with van der Waals surface area (Å²) < 4.78 is 36.5. The molecule has 2 atom stereocenters. The molecular formula is C12H22F3NO. The normalized spacial score (nSPS) is 23.6. The Morgan fingerprint density at radius 1 is 1.24 bits per heavy atom. The van der Waals surface area contributed by atoms with Gasteiger partial charge in [0.15, 0.2) is 0 Å². The lowest BCUT2D eigenvalue weighted by molar-refractivity contribution is -0.145. The average molecular weight is 253 g/mol. The molecule has 0 amide bonds. The lowest BCUT2D eigenvalue weighted by Gasteiger charge is -2.42. The van der Waals surface area contributed by atoms with Gasteiger partial charge >= 0.3 is 6.18 Å². The molecule has 2 nitrogen and oxygen atoms in total. The molecular weight excluding hydrogens is 231 g/mol. The summed E-state index contributed by atoms with van der Waals surface area (Å²) in [7, 11) is 0. The Hall–Kier alpha value is -0.290. The van der Waals surface area contributed by atoms with Gasteiger partial charge in [-0.1, -0.05) is 6.92 Å². The first-order chi connectivity index (χ1) is 7.79. The second-order valence-corrected chi connectivity index (χ2v) is 5.07. The Bertz CT molecular complexity index is 238. The number of nitrogens with zero attached hydrogens (tertiary/aromatic N) is 1. The van der Waals surface area contributed by atoms with Crippen molar-refractivity contribution >= 4 is 0 Å². The summed E-state index contributed by atoms with van der Waals surface area (Å²) in [6.07, 6.45) is -3.38. The first-order valence-electron chi connectivity index (χ1n) is 6.29. The number of hydrogen-bond donors (Lipinski definition) is 1. The van der Waals surface area contributed by atoms with E-state index >= 15 is 0 Å². The molecule has 5 heteroatoms. The van der Waals surface area contributed by atoms with Gasteiger partial charge in [0.25, 0.3) is 0 Å². The van der Waals surface area contributed by atoms with Gasteiger partial charge in [-0.2, -0.15) is 13.2 Å². The molecule has 0 saturated carbocycles. The number of rotatable bonds is 5. The summed E-state index contributed by atoms with van der Waals surface area (Å²) >= 11 is 0. The molecule has 0 aromatic heterocycles. The predicted molar refractivity (Wildman–Crippen MR) is 60.8 cm³/mol. The molecule has 1 heterocycles. The van der Waals surface area contributed by atoms with Crippen molar-refractivity contribution < 1.29 is 18.3 Å². The quantitative estimate of drug-likeness (QED) is 0.814. The lowest BCUT2D eigenvalue weighted by Crippen LogP contribution is -2.53. The van der Waals surface area contributed by atoms with Crippen molar-refractivity contribution in [2.75, 3.05) is 13.1 Å². The summed E-state index contributed by atoms with van der Waals surface area (Å²) in [4.78, 5) is 2.13. The molecule has 1 aliphatic heterocycles. The SMILES string of the molecule is CCC(C)(C(O)CCC(F)(F)F)N1CCCC1. The molecule has 1 saturated heterocycles. The maximum absolute atomic E-state index is 12.2. The van der Waals surface area contributed by atoms with Crippen molar-refractivity contribution in [1.82, 2.24) is 4.90 Å². The first-order valence-corrected chi connectivity index (χ1v) is 6.29. The Labute approximate surface area is 101 Å². The third-order valence-electron chi connectivity index (χ3n) is 3.96. The van der Waals surface area contributed by atoms with Crippen molar-refractivity contribution in [3.8, 4) is 0 Å². The van der Waals surface area contributed by atoms with E-state index in [0.717, 1.165) is 25.9 Å². The molecule has 1 aliphatic rings. The third-order valence-corrected chi connectivity index (χ3v) is 3.96. The highest BCUT2D eigenvalue weighted by molar-refractivity contribution is 4.94. The largest absolute Gasteiger partial charge is 0.391 e. The third kappa shape index (κ3) is 3.85. The highest BCUT2D eigenvalue weighted by Gasteiger charge is 2.40. The number of aliphatic hydroxyl groups excluding tert-OH is 1. The molecule has 1 rings (SSSR count). The van der Waals surface area contributed by atoms with Crippen LogP contribution in [-0.2, 0) is 0 Å². The molecule has 2 unspecified atom stereocenters. The Morgan fingerprint density at radius 2 is 1.76 bits per heavy atom. The minimum absolute atomic E-state index is 0.204. The van der Waals surface area contributed by atoms with E-state index in [2.05, 4.69) is 4.90 Å². The highest BCUT2D eigenvalue weighted by atomic mass is 19.4. The van der Waals surface area contributed by atoms with E-state index in [0.29, 0.717) is 6.42 Å². The smallest absolute Gasteiger partial charge is 0.389 e. The molecule has 0 aromatic carbocycles. The molecule has 1 N–H and O–H groups in total. The van der Waals surface area contributed by atoms with Gasteiger partial charge in [-0.3, -0.25) is 4.90 Å². The van der Waals surface area contributed by atoms with Crippen LogP contribution in [0.15, 0.2) is 0 Å². The van der Waals surface area contributed by atoms with Crippen molar-refractivity contribution in [3.05, 3.63) is 0 Å². The number of likely N-dealkylation sites (tertiary alicyclic amines) is 1. The van der Waals surface area contributed by atoms with E-state index in [1.165, 1.54) is 0 Å². The van der Waals surface area contributed by atoms with Crippen LogP contribution in [0.5, 0.6) is 0 Å². The van der Waals surface area contributed by atoms with Crippen LogP contribution in [0.25, 0.3) is 0 Å². The van der Waals surface area contributed by atoms with Crippen molar-refractivity contribution in [2.24, 2.45) is 0 Å². The van der Waals surface area contributed by atoms with Gasteiger partial charge in [-0.05, 0) is 45.7 Å². The standard InChI is InChI=1S/C12H22F3NO/c1-3-11(2,16-8-4-5-9-16)10(17)6-7-12(13,14)15/h10,17H,3-9H2,1-2H3. The molecule has 0 aliphatic carbocycles. The average Bonchev–Trinajstić information content (AvgIpc) is 2.77. The summed E-state index contributed by atoms with van der Waals surface area (Å²) in [5, 5.41) is 10.1. The van der Waals surface area contributed by atoms with E-state index < -0.39 is 24.2 Å². The summed E-state index contributed by atoms with van der Waals surface area (Å²) in [5.74, 6) is 0. The van der Waals surface area contributed by atoms with E-state index in [1.807, 2.05) is 13.8 Å². The number of halogens is 3. The van der Waals surface area contributed by atoms with Gasteiger partial charge in [0, 0.05) is 12.0 Å². The van der Waals surface area contributed by atoms with Crippen molar-refractivity contribution in [3.63, 3.8) is 0 Å². The van der Waals surface area contributed by atoms with Gasteiger partial charge in [0.1, 0.15) is 0 Å². The van der Waals surface area contributed by atoms with Crippen LogP contribution in [0.2, 0.25) is 0 Å². The molecule has 0 spiro atoms. The minimum Gasteiger partial charge on any atom is -0.391 e. The fraction of sp³-hybridized carbons (Fsp3) is 1.00. The highest BCUT2D eigenvalue weighted by Crippen LogP contribution is 2.32. The second kappa shape index (κ2) is 5.57. The van der Waals surface area contributed by atoms with E-state index in [9.17, 15) is 18.3 Å². The number of hydrogen-bond acceptors (Lipinski definition) is 2. The van der Waals surface area contributed by atoms with Crippen LogP contribution in [0, 0.1) is 0 Å². The monoisotopic (exact) mass is 253 g/mol. The molecule has 0 radical (unpaired) electrons. The molecule has 0 bridgehead atoms. The topological polar surface area (TPSA) is 23.5 Å². The maximum Gasteiger partial charge on any atom is 0.389 e. The second-order valence-electron chi connectivity index (χ2n) is 5.07. The number of aliphatic hydroxyl groups is 1. The van der Waals surface area contributed by atoms with Crippen molar-refractivity contribution in [2.45, 2.75) is 63.8 Å². The van der Waals surface area contributed by atoms with Gasteiger partial charge in [-0.15, -0.1) is 0 Å². The van der Waals surface area contributed by atoms with Crippen molar-refractivity contribution in [1.29, 1.82) is 0 Å². The minimum atomic E-state index is -4.18. The maximum atomic E-state index is 12.2. The van der Waals surface area contributed by atoms with Gasteiger partial charge in [0.2, 0.25) is 0 Å². The zero-order valence-corrected chi connectivity index (χ0v) is 10.6. The van der Waals surface area contributed by atoms with Crippen LogP contribution >= 0.6 is 0 Å². The van der Waals surface area contributed by atoms with Gasteiger partial charge in [-0.25, -0.2) is 0 Å². The first kappa shape index (κ1) is 14.8. The van der Waals surface area contributed by atoms with Gasteiger partial charge < -0.3 is 5.11 Å². The fourth-order valence-electron chi connectivity index (χ4n) is 2.51. The van der Waals surface area contributed by atoms with Crippen LogP contribution in [0.4, 0.5) is 13.2 Å². The molecule has 0 aromatic rings. The van der Waals surface area contributed by atoms with Crippen LogP contribution in [0.3, 0.4) is 0 Å². The van der Waals surface area contributed by atoms with Crippen LogP contribution < -0.4 is 0 Å². The van der Waals surface area contributed by atoms with Gasteiger partial charge in [0.05, 0.1) is 6.10 Å². The lowest BCUT2D eigenvalue weighted by atomic mass is 9.87. The van der Waals surface area contributed by atoms with E-state index in [4.69, 9.17) is 0 Å². The summed E-state index contributed by atoms with van der Waals surface area (Å²) in [5.41, 5.74) is -0.512. The Balaban J connectivity index is 2.58. The molecule has 17 heavy (non-hydrogen) atoms. The Kier molecular flexibility index (Phi) is 4.84. The van der Waals surface area contributed by atoms with E-state index in [-0.39, 0.29) is 6.42 Å². The summed E-state index contributed by atoms with van der Waals surface area (Å²) in [6.45, 7) is 5.56. The summed E-state index contributed by atoms with van der Waals surface area (Å²) in [6, 6.07) is 0. The Morgan fingerprint density at radius 3 is 2.18 bits per heavy atom. The molecule has 1 fully saturated rings. The number of alkyl halides is 3. The van der Waals surface area contributed by atoms with Crippen LogP contribution in [-0.4, -0.2) is 40.9 Å². The fourth-order valence-corrected chi connectivity index (χ4v) is 2.51. The van der Waals surface area contributed by atoms with Crippen LogP contribution in [0.1, 0.15) is 46.0 Å². The van der Waals surface area contributed by atoms with E-state index in [1.54, 1.807) is 0 Å². The predicted octanol–water partition coefficient (Wildman–Crippen LogP) is 2.95. The molecule has 102 valence electrons. The zero-order chi connectivity index (χ0) is 13.1. The zero-order valence-electron chi connectivity index (χ0n) is 10.6.